The van der Waals surface area contributed by atoms with Gasteiger partial charge in [-0.3, -0.25) is 9.59 Å². The van der Waals surface area contributed by atoms with Crippen LogP contribution in [-0.2, 0) is 29.2 Å². The highest BCUT2D eigenvalue weighted by Crippen LogP contribution is 2.30. The fourth-order valence-electron chi connectivity index (χ4n) is 2.66. The Kier molecular flexibility index (Phi) is 7.88. The Morgan fingerprint density at radius 1 is 1.06 bits per heavy atom. The summed E-state index contributed by atoms with van der Waals surface area (Å²) in [5, 5.41) is 14.1. The maximum absolute atomic E-state index is 12.8. The lowest BCUT2D eigenvalue weighted by atomic mass is 10.2. The molecule has 2 aromatic carbocycles. The van der Waals surface area contributed by atoms with Gasteiger partial charge in [0.05, 0.1) is 28.4 Å². The van der Waals surface area contributed by atoms with Gasteiger partial charge in [0.1, 0.15) is 5.82 Å². The lowest BCUT2D eigenvalue weighted by Gasteiger charge is -2.10. The number of anilines is 2. The summed E-state index contributed by atoms with van der Waals surface area (Å²) >= 11 is 13.0. The Hall–Kier alpha value is -2.76. The first-order valence-corrected chi connectivity index (χ1v) is 11.0. The van der Waals surface area contributed by atoms with Crippen LogP contribution in [0.3, 0.4) is 0 Å². The van der Waals surface area contributed by atoms with Gasteiger partial charge in [0.15, 0.2) is 5.16 Å². The monoisotopic (exact) mass is 517 g/mol. The molecule has 0 spiro atoms. The predicted octanol–water partition coefficient (Wildman–Crippen LogP) is 5.05. The topological polar surface area (TPSA) is 88.9 Å². The summed E-state index contributed by atoms with van der Waals surface area (Å²) in [6.07, 6.45) is -4.73. The summed E-state index contributed by atoms with van der Waals surface area (Å²) in [7, 11) is 1.61. The number of hydrogen-bond acceptors (Lipinski definition) is 5. The number of carbonyl (C=O) groups is 2. The Morgan fingerprint density at radius 3 is 2.55 bits per heavy atom. The third kappa shape index (κ3) is 6.86. The molecule has 2 amide bonds. The van der Waals surface area contributed by atoms with Gasteiger partial charge in [-0.25, -0.2) is 0 Å². The van der Waals surface area contributed by atoms with Crippen LogP contribution in [0.5, 0.6) is 0 Å². The SMILES string of the molecule is Cn1c(CC(=O)Nc2cccc(C(F)(F)F)c2)nnc1SCC(=O)Nc1cc(Cl)ccc1Cl. The minimum absolute atomic E-state index is 0.00868. The normalized spacial score (nSPS) is 11.3. The molecule has 13 heteroatoms. The molecule has 1 heterocycles. The van der Waals surface area contributed by atoms with Crippen LogP contribution in [-0.4, -0.2) is 32.3 Å². The van der Waals surface area contributed by atoms with Crippen molar-refractivity contribution in [3.05, 3.63) is 63.9 Å². The van der Waals surface area contributed by atoms with E-state index in [0.717, 1.165) is 23.9 Å². The largest absolute Gasteiger partial charge is 0.416 e. The van der Waals surface area contributed by atoms with E-state index in [4.69, 9.17) is 23.2 Å². The lowest BCUT2D eigenvalue weighted by Crippen LogP contribution is -2.18. The van der Waals surface area contributed by atoms with Gasteiger partial charge in [-0.15, -0.1) is 10.2 Å². The molecule has 0 saturated heterocycles. The van der Waals surface area contributed by atoms with Crippen molar-refractivity contribution in [2.75, 3.05) is 16.4 Å². The average Bonchev–Trinajstić information content (AvgIpc) is 3.08. The second kappa shape index (κ2) is 10.4. The van der Waals surface area contributed by atoms with E-state index in [1.165, 1.54) is 22.8 Å². The number of halogens is 5. The van der Waals surface area contributed by atoms with E-state index in [1.807, 2.05) is 0 Å². The van der Waals surface area contributed by atoms with Crippen LogP contribution in [0.2, 0.25) is 10.0 Å². The second-order valence-corrected chi connectivity index (χ2v) is 8.51. The summed E-state index contributed by atoms with van der Waals surface area (Å²) in [6, 6.07) is 9.01. The summed E-state index contributed by atoms with van der Waals surface area (Å²) in [5.41, 5.74) is -0.474. The van der Waals surface area contributed by atoms with Crippen molar-refractivity contribution in [2.24, 2.45) is 7.05 Å². The average molecular weight is 518 g/mol. The molecular weight excluding hydrogens is 502 g/mol. The first-order chi connectivity index (χ1) is 15.5. The standard InChI is InChI=1S/C20H16Cl2F3N5O2S/c1-30-16(9-17(31)26-13-4-2-3-11(7-13)20(23,24)25)28-29-19(30)33-10-18(32)27-15-8-12(21)5-6-14(15)22/h2-8H,9-10H2,1H3,(H,26,31)(H,27,32). The highest BCUT2D eigenvalue weighted by Gasteiger charge is 2.30. The highest BCUT2D eigenvalue weighted by molar-refractivity contribution is 7.99. The molecule has 0 aliphatic heterocycles. The minimum Gasteiger partial charge on any atom is -0.326 e. The zero-order chi connectivity index (χ0) is 24.2. The number of nitrogens with zero attached hydrogens (tertiary/aromatic N) is 3. The van der Waals surface area contributed by atoms with Crippen molar-refractivity contribution in [3.8, 4) is 0 Å². The van der Waals surface area contributed by atoms with Gasteiger partial charge in [0.2, 0.25) is 11.8 Å². The molecule has 3 aromatic rings. The van der Waals surface area contributed by atoms with E-state index >= 15 is 0 Å². The summed E-state index contributed by atoms with van der Waals surface area (Å²) in [5.74, 6) is -0.642. The van der Waals surface area contributed by atoms with E-state index in [1.54, 1.807) is 19.2 Å². The molecule has 0 fully saturated rings. The van der Waals surface area contributed by atoms with Gasteiger partial charge < -0.3 is 15.2 Å². The smallest absolute Gasteiger partial charge is 0.326 e. The van der Waals surface area contributed by atoms with Gasteiger partial charge in [0.25, 0.3) is 0 Å². The van der Waals surface area contributed by atoms with Crippen LogP contribution in [0.15, 0.2) is 47.6 Å². The maximum atomic E-state index is 12.8. The number of nitrogens with one attached hydrogen (secondary N) is 2. The van der Waals surface area contributed by atoms with E-state index in [2.05, 4.69) is 20.8 Å². The number of amides is 2. The molecule has 0 atom stereocenters. The Labute approximate surface area is 200 Å². The molecule has 174 valence electrons. The third-order valence-electron chi connectivity index (χ3n) is 4.25. The van der Waals surface area contributed by atoms with Crippen LogP contribution in [0.4, 0.5) is 24.5 Å². The molecular formula is C20H16Cl2F3N5O2S. The van der Waals surface area contributed by atoms with Gasteiger partial charge in [0, 0.05) is 17.8 Å². The number of rotatable bonds is 7. The Balaban J connectivity index is 1.56. The number of aromatic nitrogens is 3. The molecule has 3 rings (SSSR count). The van der Waals surface area contributed by atoms with Crippen LogP contribution >= 0.6 is 35.0 Å². The minimum atomic E-state index is -4.51. The summed E-state index contributed by atoms with van der Waals surface area (Å²) in [4.78, 5) is 24.5. The molecule has 0 unspecified atom stereocenters. The van der Waals surface area contributed by atoms with E-state index in [0.29, 0.717) is 20.9 Å². The number of carbonyl (C=O) groups excluding carboxylic acids is 2. The zero-order valence-corrected chi connectivity index (χ0v) is 19.2. The summed E-state index contributed by atoms with van der Waals surface area (Å²) < 4.78 is 40.0. The Morgan fingerprint density at radius 2 is 1.82 bits per heavy atom. The summed E-state index contributed by atoms with van der Waals surface area (Å²) in [6.45, 7) is 0. The van der Waals surface area contributed by atoms with Crippen molar-refractivity contribution >= 4 is 58.2 Å². The molecule has 7 nitrogen and oxygen atoms in total. The Bertz CT molecular complexity index is 1190. The van der Waals surface area contributed by atoms with Crippen LogP contribution in [0, 0.1) is 0 Å². The van der Waals surface area contributed by atoms with Crippen LogP contribution in [0.25, 0.3) is 0 Å². The predicted molar refractivity (Wildman–Crippen MR) is 121 cm³/mol. The van der Waals surface area contributed by atoms with Gasteiger partial charge in [-0.05, 0) is 36.4 Å². The fourth-order valence-corrected chi connectivity index (χ4v) is 3.72. The molecule has 1 aromatic heterocycles. The molecule has 0 bridgehead atoms. The first-order valence-electron chi connectivity index (χ1n) is 9.26. The van der Waals surface area contributed by atoms with Crippen molar-refractivity contribution in [1.82, 2.24) is 14.8 Å². The molecule has 0 saturated carbocycles. The van der Waals surface area contributed by atoms with E-state index < -0.39 is 17.6 Å². The molecule has 2 N–H and O–H groups in total. The maximum Gasteiger partial charge on any atom is 0.416 e. The van der Waals surface area contributed by atoms with Gasteiger partial charge in [-0.2, -0.15) is 13.2 Å². The van der Waals surface area contributed by atoms with Crippen LogP contribution < -0.4 is 10.6 Å². The number of alkyl halides is 3. The molecule has 0 radical (unpaired) electrons. The molecule has 0 aliphatic carbocycles. The first kappa shape index (κ1) is 24.9. The third-order valence-corrected chi connectivity index (χ3v) is 5.84. The molecule has 33 heavy (non-hydrogen) atoms. The lowest BCUT2D eigenvalue weighted by molar-refractivity contribution is -0.137. The second-order valence-electron chi connectivity index (χ2n) is 6.72. The number of thioether (sulfide) groups is 1. The van der Waals surface area contributed by atoms with Crippen molar-refractivity contribution in [3.63, 3.8) is 0 Å². The molecule has 0 aliphatic rings. The van der Waals surface area contributed by atoms with E-state index in [9.17, 15) is 22.8 Å². The van der Waals surface area contributed by atoms with Gasteiger partial charge >= 0.3 is 6.18 Å². The van der Waals surface area contributed by atoms with Gasteiger partial charge in [-0.1, -0.05) is 41.0 Å². The number of hydrogen-bond donors (Lipinski definition) is 2. The van der Waals surface area contributed by atoms with E-state index in [-0.39, 0.29) is 29.6 Å². The van der Waals surface area contributed by atoms with Crippen molar-refractivity contribution in [2.45, 2.75) is 17.8 Å². The fraction of sp³-hybridized carbons (Fsp3) is 0.200. The van der Waals surface area contributed by atoms with Crippen LogP contribution in [0.1, 0.15) is 11.4 Å². The van der Waals surface area contributed by atoms with Crippen molar-refractivity contribution in [1.29, 1.82) is 0 Å². The zero-order valence-electron chi connectivity index (χ0n) is 16.9. The highest BCUT2D eigenvalue weighted by atomic mass is 35.5. The quantitative estimate of drug-likeness (QED) is 0.428. The number of benzene rings is 2. The van der Waals surface area contributed by atoms with Crippen molar-refractivity contribution < 1.29 is 22.8 Å².